The molecule has 1 aromatic heterocycles. The molecule has 1 N–H and O–H groups in total. The van der Waals surface area contributed by atoms with Gasteiger partial charge in [-0.05, 0) is 55.8 Å². The summed E-state index contributed by atoms with van der Waals surface area (Å²) >= 11 is 0. The number of para-hydroxylation sites is 2. The van der Waals surface area contributed by atoms with Crippen molar-refractivity contribution in [3.05, 3.63) is 64.6 Å². The predicted molar refractivity (Wildman–Crippen MR) is 119 cm³/mol. The monoisotopic (exact) mass is 423 g/mol. The summed E-state index contributed by atoms with van der Waals surface area (Å²) in [6, 6.07) is 15.4. The van der Waals surface area contributed by atoms with E-state index in [0.717, 1.165) is 18.8 Å². The molecule has 1 aliphatic rings. The molecule has 2 aromatic carbocycles. The molecular weight excluding hydrogens is 394 g/mol. The number of fused-ring (bicyclic) bond motifs is 1. The molecule has 1 fully saturated rings. The van der Waals surface area contributed by atoms with Crippen LogP contribution in [0.3, 0.4) is 0 Å². The van der Waals surface area contributed by atoms with E-state index < -0.39 is 5.76 Å². The molecule has 1 atom stereocenters. The topological polar surface area (TPSA) is 76.7 Å². The van der Waals surface area contributed by atoms with E-state index in [1.165, 1.54) is 29.4 Å². The quantitative estimate of drug-likeness (QED) is 0.601. The second kappa shape index (κ2) is 9.83. The number of nitrogens with zero attached hydrogens (tertiary/aromatic N) is 2. The number of likely N-dealkylation sites (tertiary alicyclic amines) is 1. The SMILES string of the molecule is COc1ccc([C@@H](CNC(=O)CCn2c(=O)oc3ccccc32)N2CCCCC2)cc1. The summed E-state index contributed by atoms with van der Waals surface area (Å²) in [6.07, 6.45) is 3.83. The first-order valence-electron chi connectivity index (χ1n) is 10.9. The number of carbonyl (C=O) groups is 1. The highest BCUT2D eigenvalue weighted by atomic mass is 16.5. The zero-order valence-electron chi connectivity index (χ0n) is 17.9. The summed E-state index contributed by atoms with van der Waals surface area (Å²) in [7, 11) is 1.66. The maximum atomic E-state index is 12.6. The molecule has 2 heterocycles. The van der Waals surface area contributed by atoms with Crippen LogP contribution in [0.2, 0.25) is 0 Å². The number of carbonyl (C=O) groups excluding carboxylic acids is 1. The van der Waals surface area contributed by atoms with E-state index in [2.05, 4.69) is 22.3 Å². The van der Waals surface area contributed by atoms with Gasteiger partial charge < -0.3 is 14.5 Å². The highest BCUT2D eigenvalue weighted by Gasteiger charge is 2.23. The van der Waals surface area contributed by atoms with E-state index in [9.17, 15) is 9.59 Å². The molecule has 31 heavy (non-hydrogen) atoms. The molecule has 4 rings (SSSR count). The summed E-state index contributed by atoms with van der Waals surface area (Å²) in [5.41, 5.74) is 2.42. The number of amides is 1. The third-order valence-corrected chi connectivity index (χ3v) is 5.96. The third kappa shape index (κ3) is 4.99. The summed E-state index contributed by atoms with van der Waals surface area (Å²) < 4.78 is 12.0. The van der Waals surface area contributed by atoms with Crippen LogP contribution in [0, 0.1) is 0 Å². The summed E-state index contributed by atoms with van der Waals surface area (Å²) in [5.74, 6) is 0.314. The molecular formula is C24H29N3O4. The van der Waals surface area contributed by atoms with Gasteiger partial charge in [-0.15, -0.1) is 0 Å². The van der Waals surface area contributed by atoms with Gasteiger partial charge in [0.25, 0.3) is 0 Å². The number of piperidine rings is 1. The normalized spacial score (nSPS) is 15.6. The second-order valence-electron chi connectivity index (χ2n) is 7.93. The van der Waals surface area contributed by atoms with Crippen molar-refractivity contribution in [1.82, 2.24) is 14.8 Å². The van der Waals surface area contributed by atoms with Crippen molar-refractivity contribution in [2.45, 2.75) is 38.3 Å². The van der Waals surface area contributed by atoms with Crippen LogP contribution in [0.25, 0.3) is 11.1 Å². The van der Waals surface area contributed by atoms with Crippen LogP contribution < -0.4 is 15.8 Å². The van der Waals surface area contributed by atoms with Crippen molar-refractivity contribution in [1.29, 1.82) is 0 Å². The number of aryl methyl sites for hydroxylation is 1. The number of methoxy groups -OCH3 is 1. The van der Waals surface area contributed by atoms with Gasteiger partial charge in [-0.2, -0.15) is 0 Å². The first-order valence-corrected chi connectivity index (χ1v) is 10.9. The van der Waals surface area contributed by atoms with Gasteiger partial charge in [-0.1, -0.05) is 30.7 Å². The highest BCUT2D eigenvalue weighted by molar-refractivity contribution is 5.76. The lowest BCUT2D eigenvalue weighted by atomic mass is 10.0. The Labute approximate surface area is 181 Å². The van der Waals surface area contributed by atoms with Crippen molar-refractivity contribution < 1.29 is 13.9 Å². The molecule has 0 bridgehead atoms. The standard InChI is InChI=1S/C24H29N3O4/c1-30-19-11-9-18(10-12-19)21(26-14-5-2-6-15-26)17-25-23(28)13-16-27-20-7-3-4-8-22(20)31-24(27)29/h3-4,7-12,21H,2,5-6,13-17H2,1H3,(H,25,28)/t21-/m1/s1. The largest absolute Gasteiger partial charge is 0.497 e. The Hall–Kier alpha value is -3.06. The van der Waals surface area contributed by atoms with Crippen molar-refractivity contribution >= 4 is 17.0 Å². The minimum absolute atomic E-state index is 0.0762. The number of benzene rings is 2. The van der Waals surface area contributed by atoms with Crippen LogP contribution in [-0.2, 0) is 11.3 Å². The lowest BCUT2D eigenvalue weighted by Gasteiger charge is -2.35. The molecule has 1 aliphatic heterocycles. The van der Waals surface area contributed by atoms with Crippen LogP contribution >= 0.6 is 0 Å². The molecule has 0 aliphatic carbocycles. The number of hydrogen-bond acceptors (Lipinski definition) is 5. The van der Waals surface area contributed by atoms with Crippen LogP contribution in [0.4, 0.5) is 0 Å². The fraction of sp³-hybridized carbons (Fsp3) is 0.417. The van der Waals surface area contributed by atoms with Gasteiger partial charge in [-0.25, -0.2) is 4.79 Å². The van der Waals surface area contributed by atoms with Crippen LogP contribution in [0.5, 0.6) is 5.75 Å². The molecule has 1 amide bonds. The van der Waals surface area contributed by atoms with E-state index in [0.29, 0.717) is 24.2 Å². The fourth-order valence-electron chi connectivity index (χ4n) is 4.25. The van der Waals surface area contributed by atoms with Crippen LogP contribution in [0.15, 0.2) is 57.7 Å². The number of ether oxygens (including phenoxy) is 1. The second-order valence-corrected chi connectivity index (χ2v) is 7.93. The molecule has 0 spiro atoms. The minimum Gasteiger partial charge on any atom is -0.497 e. The van der Waals surface area contributed by atoms with Crippen molar-refractivity contribution in [2.24, 2.45) is 0 Å². The first-order chi connectivity index (χ1) is 15.2. The Morgan fingerprint density at radius 1 is 1.10 bits per heavy atom. The van der Waals surface area contributed by atoms with E-state index in [4.69, 9.17) is 9.15 Å². The summed E-state index contributed by atoms with van der Waals surface area (Å²) in [4.78, 5) is 27.2. The lowest BCUT2D eigenvalue weighted by Crippen LogP contribution is -2.40. The highest BCUT2D eigenvalue weighted by Crippen LogP contribution is 2.26. The first kappa shape index (κ1) is 21.2. The number of oxazole rings is 1. The maximum absolute atomic E-state index is 12.6. The molecule has 0 radical (unpaired) electrons. The number of hydrogen-bond donors (Lipinski definition) is 1. The van der Waals surface area contributed by atoms with Gasteiger partial charge >= 0.3 is 5.76 Å². The zero-order valence-corrected chi connectivity index (χ0v) is 17.9. The third-order valence-electron chi connectivity index (χ3n) is 5.96. The Balaban J connectivity index is 1.40. The van der Waals surface area contributed by atoms with E-state index in [-0.39, 0.29) is 18.4 Å². The average Bonchev–Trinajstić information content (AvgIpc) is 3.13. The van der Waals surface area contributed by atoms with E-state index >= 15 is 0 Å². The van der Waals surface area contributed by atoms with Gasteiger partial charge in [0.2, 0.25) is 5.91 Å². The smallest absolute Gasteiger partial charge is 0.419 e. The fourth-order valence-corrected chi connectivity index (χ4v) is 4.25. The molecule has 0 unspecified atom stereocenters. The van der Waals surface area contributed by atoms with Crippen LogP contribution in [-0.4, -0.2) is 42.1 Å². The number of nitrogens with one attached hydrogen (secondary N) is 1. The van der Waals surface area contributed by atoms with E-state index in [1.807, 2.05) is 30.3 Å². The Morgan fingerprint density at radius 3 is 2.58 bits per heavy atom. The predicted octanol–water partition coefficient (Wildman–Crippen LogP) is 3.34. The van der Waals surface area contributed by atoms with Crippen molar-refractivity contribution in [3.8, 4) is 5.75 Å². The van der Waals surface area contributed by atoms with Gasteiger partial charge in [0.15, 0.2) is 5.58 Å². The molecule has 7 nitrogen and oxygen atoms in total. The Kier molecular flexibility index (Phi) is 6.72. The van der Waals surface area contributed by atoms with Crippen molar-refractivity contribution in [2.75, 3.05) is 26.7 Å². The average molecular weight is 424 g/mol. The molecule has 0 saturated carbocycles. The minimum atomic E-state index is -0.432. The summed E-state index contributed by atoms with van der Waals surface area (Å²) in [5, 5.41) is 3.08. The Bertz CT molecular complexity index is 1060. The number of rotatable bonds is 8. The Morgan fingerprint density at radius 2 is 1.84 bits per heavy atom. The van der Waals surface area contributed by atoms with Gasteiger partial charge in [-0.3, -0.25) is 14.3 Å². The molecule has 1 saturated heterocycles. The number of aromatic nitrogens is 1. The lowest BCUT2D eigenvalue weighted by molar-refractivity contribution is -0.121. The van der Waals surface area contributed by atoms with Gasteiger partial charge in [0.1, 0.15) is 5.75 Å². The molecule has 7 heteroatoms. The van der Waals surface area contributed by atoms with Gasteiger partial charge in [0, 0.05) is 19.5 Å². The molecule has 164 valence electrons. The zero-order chi connectivity index (χ0) is 21.6. The summed E-state index contributed by atoms with van der Waals surface area (Å²) in [6.45, 7) is 2.89. The maximum Gasteiger partial charge on any atom is 0.419 e. The van der Waals surface area contributed by atoms with E-state index in [1.54, 1.807) is 13.2 Å². The van der Waals surface area contributed by atoms with Gasteiger partial charge in [0.05, 0.1) is 18.7 Å². The van der Waals surface area contributed by atoms with Crippen LogP contribution in [0.1, 0.15) is 37.3 Å². The van der Waals surface area contributed by atoms with Crippen molar-refractivity contribution in [3.63, 3.8) is 0 Å². The molecule has 3 aromatic rings.